The van der Waals surface area contributed by atoms with Crippen LogP contribution in [0.25, 0.3) is 10.2 Å². The number of benzene rings is 2. The molecule has 0 radical (unpaired) electrons. The van der Waals surface area contributed by atoms with Crippen molar-refractivity contribution in [3.05, 3.63) is 48.0 Å². The Morgan fingerprint density at radius 1 is 1.15 bits per heavy atom. The highest BCUT2D eigenvalue weighted by molar-refractivity contribution is 7.22. The zero-order valence-electron chi connectivity index (χ0n) is 11.5. The minimum atomic E-state index is 0.685. The van der Waals surface area contributed by atoms with E-state index in [4.69, 9.17) is 4.74 Å². The molecule has 0 spiro atoms. The number of aromatic nitrogens is 1. The number of hydrogen-bond acceptors (Lipinski definition) is 4. The van der Waals surface area contributed by atoms with E-state index in [0.717, 1.165) is 22.1 Å². The van der Waals surface area contributed by atoms with Gasteiger partial charge in [0.1, 0.15) is 5.75 Å². The second kappa shape index (κ2) is 5.51. The van der Waals surface area contributed by atoms with Gasteiger partial charge < -0.3 is 10.1 Å². The van der Waals surface area contributed by atoms with Crippen molar-refractivity contribution < 1.29 is 4.74 Å². The van der Waals surface area contributed by atoms with E-state index in [9.17, 15) is 0 Å². The van der Waals surface area contributed by atoms with Crippen molar-refractivity contribution in [3.8, 4) is 5.75 Å². The number of hydrogen-bond donors (Lipinski definition) is 1. The molecule has 4 heteroatoms. The lowest BCUT2D eigenvalue weighted by molar-refractivity contribution is 0.340. The molecule has 0 fully saturated rings. The Balaban J connectivity index is 1.81. The fraction of sp³-hybridized carbons (Fsp3) is 0.188. The number of nitrogens with one attached hydrogen (secondary N) is 1. The van der Waals surface area contributed by atoms with Crippen molar-refractivity contribution in [3.63, 3.8) is 0 Å². The van der Waals surface area contributed by atoms with Crippen molar-refractivity contribution in [1.29, 1.82) is 0 Å². The maximum absolute atomic E-state index is 5.43. The van der Waals surface area contributed by atoms with Crippen LogP contribution in [-0.2, 0) is 0 Å². The molecule has 0 bridgehead atoms. The van der Waals surface area contributed by atoms with Gasteiger partial charge in [0, 0.05) is 5.69 Å². The summed E-state index contributed by atoms with van der Waals surface area (Å²) in [5, 5.41) is 4.25. The first-order valence-corrected chi connectivity index (χ1v) is 7.43. The third-order valence-corrected chi connectivity index (χ3v) is 3.91. The zero-order valence-corrected chi connectivity index (χ0v) is 12.3. The second-order valence-electron chi connectivity index (χ2n) is 4.57. The van der Waals surface area contributed by atoms with Gasteiger partial charge in [-0.15, -0.1) is 0 Å². The number of nitrogens with zero attached hydrogens (tertiary/aromatic N) is 1. The Kier molecular flexibility index (Phi) is 3.56. The van der Waals surface area contributed by atoms with E-state index < -0.39 is 0 Å². The molecule has 0 aliphatic carbocycles. The van der Waals surface area contributed by atoms with Gasteiger partial charge in [-0.1, -0.05) is 17.4 Å². The summed E-state index contributed by atoms with van der Waals surface area (Å²) in [4.78, 5) is 4.60. The number of rotatable bonds is 4. The molecule has 0 saturated heterocycles. The molecule has 0 unspecified atom stereocenters. The molecule has 0 aliphatic rings. The summed E-state index contributed by atoms with van der Waals surface area (Å²) < 4.78 is 6.63. The van der Waals surface area contributed by atoms with Crippen LogP contribution in [0.1, 0.15) is 12.5 Å². The second-order valence-corrected chi connectivity index (χ2v) is 5.60. The third kappa shape index (κ3) is 2.75. The van der Waals surface area contributed by atoms with Crippen molar-refractivity contribution in [2.45, 2.75) is 13.8 Å². The Labute approximate surface area is 122 Å². The molecule has 1 aromatic heterocycles. The molecular formula is C16H16N2OS. The molecule has 3 nitrogen and oxygen atoms in total. The van der Waals surface area contributed by atoms with Crippen LogP contribution in [0.15, 0.2) is 42.5 Å². The minimum Gasteiger partial charge on any atom is -0.494 e. The lowest BCUT2D eigenvalue weighted by Gasteiger charge is -2.05. The fourth-order valence-electron chi connectivity index (χ4n) is 2.02. The Bertz CT molecular complexity index is 719. The van der Waals surface area contributed by atoms with E-state index in [1.807, 2.05) is 31.2 Å². The van der Waals surface area contributed by atoms with Crippen LogP contribution < -0.4 is 10.1 Å². The first kappa shape index (κ1) is 12.9. The maximum atomic E-state index is 5.43. The summed E-state index contributed by atoms with van der Waals surface area (Å²) in [6.45, 7) is 4.75. The van der Waals surface area contributed by atoms with Gasteiger partial charge in [0.2, 0.25) is 0 Å². The lowest BCUT2D eigenvalue weighted by Crippen LogP contribution is -1.92. The van der Waals surface area contributed by atoms with Crippen molar-refractivity contribution in [2.75, 3.05) is 11.9 Å². The van der Waals surface area contributed by atoms with Crippen LogP contribution in [0, 0.1) is 6.92 Å². The fourth-order valence-corrected chi connectivity index (χ4v) is 2.88. The molecular weight excluding hydrogens is 268 g/mol. The summed E-state index contributed by atoms with van der Waals surface area (Å²) in [5.74, 6) is 0.887. The number of ether oxygens (including phenoxy) is 1. The SMILES string of the molecule is CCOc1ccc(Nc2nc3cc(C)ccc3s2)cc1. The molecule has 0 amide bonds. The summed E-state index contributed by atoms with van der Waals surface area (Å²) in [6.07, 6.45) is 0. The van der Waals surface area contributed by atoms with Gasteiger partial charge in [-0.2, -0.15) is 0 Å². The normalized spacial score (nSPS) is 10.7. The Morgan fingerprint density at radius 2 is 1.95 bits per heavy atom. The molecule has 3 rings (SSSR count). The molecule has 102 valence electrons. The average Bonchev–Trinajstić information content (AvgIpc) is 2.82. The van der Waals surface area contributed by atoms with Crippen LogP contribution in [0.4, 0.5) is 10.8 Å². The van der Waals surface area contributed by atoms with Gasteiger partial charge in [-0.05, 0) is 55.8 Å². The molecule has 0 atom stereocenters. The maximum Gasteiger partial charge on any atom is 0.188 e. The summed E-state index contributed by atoms with van der Waals surface area (Å²) in [5.41, 5.74) is 3.29. The van der Waals surface area contributed by atoms with E-state index in [2.05, 4.69) is 35.4 Å². The highest BCUT2D eigenvalue weighted by atomic mass is 32.1. The first-order valence-electron chi connectivity index (χ1n) is 6.61. The minimum absolute atomic E-state index is 0.685. The molecule has 0 aliphatic heterocycles. The van der Waals surface area contributed by atoms with E-state index >= 15 is 0 Å². The average molecular weight is 284 g/mol. The highest BCUT2D eigenvalue weighted by Crippen LogP contribution is 2.29. The van der Waals surface area contributed by atoms with E-state index in [1.54, 1.807) is 11.3 Å². The van der Waals surface area contributed by atoms with Crippen LogP contribution >= 0.6 is 11.3 Å². The van der Waals surface area contributed by atoms with E-state index in [1.165, 1.54) is 10.3 Å². The van der Waals surface area contributed by atoms with Gasteiger partial charge >= 0.3 is 0 Å². The smallest absolute Gasteiger partial charge is 0.188 e. The van der Waals surface area contributed by atoms with Crippen LogP contribution in [0.2, 0.25) is 0 Å². The van der Waals surface area contributed by atoms with Crippen molar-refractivity contribution >= 4 is 32.4 Å². The number of fused-ring (bicyclic) bond motifs is 1. The van der Waals surface area contributed by atoms with Gasteiger partial charge in [0.05, 0.1) is 16.8 Å². The van der Waals surface area contributed by atoms with Crippen molar-refractivity contribution in [1.82, 2.24) is 4.98 Å². The first-order chi connectivity index (χ1) is 9.74. The van der Waals surface area contributed by atoms with Crippen LogP contribution in [0.5, 0.6) is 5.75 Å². The van der Waals surface area contributed by atoms with E-state index in [-0.39, 0.29) is 0 Å². The quantitative estimate of drug-likeness (QED) is 0.751. The molecule has 1 N–H and O–H groups in total. The monoisotopic (exact) mass is 284 g/mol. The van der Waals surface area contributed by atoms with Gasteiger partial charge in [-0.25, -0.2) is 4.98 Å². The van der Waals surface area contributed by atoms with Gasteiger partial charge in [0.15, 0.2) is 5.13 Å². The third-order valence-electron chi connectivity index (χ3n) is 2.96. The molecule has 2 aromatic carbocycles. The molecule has 1 heterocycles. The molecule has 3 aromatic rings. The van der Waals surface area contributed by atoms with Crippen LogP contribution in [0.3, 0.4) is 0 Å². The zero-order chi connectivity index (χ0) is 13.9. The number of aryl methyl sites for hydroxylation is 1. The largest absolute Gasteiger partial charge is 0.494 e. The highest BCUT2D eigenvalue weighted by Gasteiger charge is 2.04. The lowest BCUT2D eigenvalue weighted by atomic mass is 10.2. The topological polar surface area (TPSA) is 34.1 Å². The van der Waals surface area contributed by atoms with Crippen LogP contribution in [-0.4, -0.2) is 11.6 Å². The summed E-state index contributed by atoms with van der Waals surface area (Å²) in [6, 6.07) is 14.3. The molecule has 0 saturated carbocycles. The summed E-state index contributed by atoms with van der Waals surface area (Å²) >= 11 is 1.66. The van der Waals surface area contributed by atoms with Crippen molar-refractivity contribution in [2.24, 2.45) is 0 Å². The summed E-state index contributed by atoms with van der Waals surface area (Å²) in [7, 11) is 0. The Morgan fingerprint density at radius 3 is 2.70 bits per heavy atom. The van der Waals surface area contributed by atoms with Gasteiger partial charge in [-0.3, -0.25) is 0 Å². The standard InChI is InChI=1S/C16H16N2OS/c1-3-19-13-7-5-12(6-8-13)17-16-18-14-10-11(2)4-9-15(14)20-16/h4-10H,3H2,1-2H3,(H,17,18). The Hall–Kier alpha value is -2.07. The number of thiazole rings is 1. The van der Waals surface area contributed by atoms with Gasteiger partial charge in [0.25, 0.3) is 0 Å². The van der Waals surface area contributed by atoms with E-state index in [0.29, 0.717) is 6.61 Å². The number of anilines is 2. The predicted octanol–water partition coefficient (Wildman–Crippen LogP) is 4.75. The molecule has 20 heavy (non-hydrogen) atoms. The predicted molar refractivity (Wildman–Crippen MR) is 85.3 cm³/mol.